The predicted molar refractivity (Wildman–Crippen MR) is 134 cm³/mol. The molecule has 0 aliphatic carbocycles. The molecular formula is C25H33N5O2S. The first kappa shape index (κ1) is 23.4. The van der Waals surface area contributed by atoms with E-state index >= 15 is 0 Å². The molecule has 3 heterocycles. The van der Waals surface area contributed by atoms with Gasteiger partial charge in [-0.2, -0.15) is 0 Å². The van der Waals surface area contributed by atoms with Crippen molar-refractivity contribution in [1.82, 2.24) is 20.2 Å². The van der Waals surface area contributed by atoms with Crippen LogP contribution >= 0.6 is 11.3 Å². The quantitative estimate of drug-likeness (QED) is 0.557. The Balaban J connectivity index is 1.71. The molecule has 0 unspecified atom stereocenters. The van der Waals surface area contributed by atoms with E-state index in [1.165, 1.54) is 6.42 Å². The third-order valence-electron chi connectivity index (χ3n) is 6.50. The molecule has 4 rings (SSSR count). The smallest absolute Gasteiger partial charge is 0.247 e. The number of benzene rings is 1. The van der Waals surface area contributed by atoms with Crippen LogP contribution in [-0.2, 0) is 6.42 Å². The van der Waals surface area contributed by atoms with Gasteiger partial charge in [-0.05, 0) is 70.6 Å². The van der Waals surface area contributed by atoms with Crippen molar-refractivity contribution in [2.45, 2.75) is 64.5 Å². The summed E-state index contributed by atoms with van der Waals surface area (Å²) in [6.45, 7) is 9.20. The van der Waals surface area contributed by atoms with Crippen LogP contribution in [0.4, 0.5) is 5.13 Å². The summed E-state index contributed by atoms with van der Waals surface area (Å²) in [5.41, 5.74) is 2.99. The van der Waals surface area contributed by atoms with Crippen molar-refractivity contribution >= 4 is 16.5 Å². The Bertz CT molecular complexity index is 1150. The average molecular weight is 468 g/mol. The molecule has 33 heavy (non-hydrogen) atoms. The maximum absolute atomic E-state index is 11.5. The number of nitrogens with one attached hydrogen (secondary N) is 1. The monoisotopic (exact) mass is 467 g/mol. The summed E-state index contributed by atoms with van der Waals surface area (Å²) in [5, 5.41) is 15.5. The predicted octanol–water partition coefficient (Wildman–Crippen LogP) is 4.89. The molecule has 1 aliphatic heterocycles. The minimum atomic E-state index is -0.107. The molecule has 176 valence electrons. The van der Waals surface area contributed by atoms with Crippen LogP contribution in [0.5, 0.6) is 5.75 Å². The molecule has 7 nitrogen and oxygen atoms in total. The first-order valence-corrected chi connectivity index (χ1v) is 12.2. The van der Waals surface area contributed by atoms with Gasteiger partial charge in [-0.1, -0.05) is 29.5 Å². The van der Waals surface area contributed by atoms with Crippen LogP contribution < -0.4 is 15.3 Å². The molecule has 1 aliphatic rings. The SMILES string of the molecule is COc1cccc(Cc2ccc(=O)[nH]c2)c1-c1nnc(N(C)N2C(C)(C)CCCC2(C)C)s1. The Morgan fingerprint density at radius 2 is 1.85 bits per heavy atom. The summed E-state index contributed by atoms with van der Waals surface area (Å²) >= 11 is 1.57. The van der Waals surface area contributed by atoms with Gasteiger partial charge in [0.05, 0.1) is 12.7 Å². The van der Waals surface area contributed by atoms with E-state index in [1.807, 2.05) is 18.2 Å². The number of pyridine rings is 1. The van der Waals surface area contributed by atoms with Crippen molar-refractivity contribution < 1.29 is 4.74 Å². The number of hydrogen-bond acceptors (Lipinski definition) is 7. The maximum Gasteiger partial charge on any atom is 0.247 e. The Hall–Kier alpha value is -2.71. The van der Waals surface area contributed by atoms with Gasteiger partial charge in [0.2, 0.25) is 10.7 Å². The van der Waals surface area contributed by atoms with Crippen LogP contribution in [0.25, 0.3) is 10.6 Å². The molecule has 1 aromatic carbocycles. The zero-order valence-electron chi connectivity index (χ0n) is 20.3. The van der Waals surface area contributed by atoms with Crippen molar-refractivity contribution in [2.75, 3.05) is 19.2 Å². The van der Waals surface area contributed by atoms with Crippen molar-refractivity contribution in [3.05, 3.63) is 58.0 Å². The normalized spacial score (nSPS) is 17.6. The molecule has 0 radical (unpaired) electrons. The Morgan fingerprint density at radius 3 is 2.48 bits per heavy atom. The van der Waals surface area contributed by atoms with E-state index in [2.05, 4.69) is 66.0 Å². The molecule has 8 heteroatoms. The van der Waals surface area contributed by atoms with Gasteiger partial charge >= 0.3 is 0 Å². The largest absolute Gasteiger partial charge is 0.496 e. The van der Waals surface area contributed by atoms with Crippen molar-refractivity contribution in [3.63, 3.8) is 0 Å². The molecule has 0 atom stereocenters. The summed E-state index contributed by atoms with van der Waals surface area (Å²) in [7, 11) is 3.76. The lowest BCUT2D eigenvalue weighted by Crippen LogP contribution is -2.64. The molecule has 1 fully saturated rings. The third kappa shape index (κ3) is 4.68. The number of methoxy groups -OCH3 is 1. The van der Waals surface area contributed by atoms with Crippen LogP contribution in [0.2, 0.25) is 0 Å². The summed E-state index contributed by atoms with van der Waals surface area (Å²) < 4.78 is 5.71. The molecule has 0 saturated carbocycles. The van der Waals surface area contributed by atoms with E-state index < -0.39 is 0 Å². The van der Waals surface area contributed by atoms with Crippen molar-refractivity contribution in [3.8, 4) is 16.3 Å². The fraction of sp³-hybridized carbons (Fsp3) is 0.480. The molecule has 0 spiro atoms. The van der Waals surface area contributed by atoms with Crippen LogP contribution in [0.15, 0.2) is 41.3 Å². The van der Waals surface area contributed by atoms with E-state index in [0.29, 0.717) is 6.42 Å². The summed E-state index contributed by atoms with van der Waals surface area (Å²) in [6, 6.07) is 9.41. The number of aromatic nitrogens is 3. The Labute approximate surface area is 199 Å². The minimum absolute atomic E-state index is 0.0299. The van der Waals surface area contributed by atoms with Crippen LogP contribution in [-0.4, -0.2) is 45.4 Å². The van der Waals surface area contributed by atoms with Crippen LogP contribution in [0, 0.1) is 0 Å². The Kier molecular flexibility index (Phi) is 6.33. The number of ether oxygens (including phenoxy) is 1. The zero-order valence-corrected chi connectivity index (χ0v) is 21.1. The number of H-pyrrole nitrogens is 1. The molecule has 1 N–H and O–H groups in total. The second-order valence-corrected chi connectivity index (χ2v) is 10.9. The van der Waals surface area contributed by atoms with Gasteiger partial charge in [-0.3, -0.25) is 9.80 Å². The lowest BCUT2D eigenvalue weighted by Gasteiger charge is -2.55. The highest BCUT2D eigenvalue weighted by atomic mass is 32.1. The summed E-state index contributed by atoms with van der Waals surface area (Å²) in [5.74, 6) is 0.765. The highest BCUT2D eigenvalue weighted by Gasteiger charge is 2.44. The van der Waals surface area contributed by atoms with Gasteiger partial charge in [-0.25, -0.2) is 5.01 Å². The first-order valence-electron chi connectivity index (χ1n) is 11.3. The fourth-order valence-electron chi connectivity index (χ4n) is 5.24. The van der Waals surface area contributed by atoms with Gasteiger partial charge in [0, 0.05) is 30.4 Å². The van der Waals surface area contributed by atoms with Crippen molar-refractivity contribution in [2.24, 2.45) is 0 Å². The number of hydrogen-bond donors (Lipinski definition) is 1. The first-order chi connectivity index (χ1) is 15.6. The summed E-state index contributed by atoms with van der Waals surface area (Å²) in [4.78, 5) is 14.2. The third-order valence-corrected chi connectivity index (χ3v) is 7.51. The van der Waals surface area contributed by atoms with Crippen LogP contribution in [0.3, 0.4) is 0 Å². The molecule has 0 amide bonds. The van der Waals surface area contributed by atoms with E-state index in [1.54, 1.807) is 30.7 Å². The number of nitrogens with zero attached hydrogens (tertiary/aromatic N) is 4. The second kappa shape index (κ2) is 8.91. The zero-order chi connectivity index (χ0) is 23.8. The van der Waals surface area contributed by atoms with Gasteiger partial charge in [0.15, 0.2) is 5.01 Å². The summed E-state index contributed by atoms with van der Waals surface area (Å²) in [6.07, 6.45) is 5.91. The second-order valence-electron chi connectivity index (χ2n) is 9.94. The average Bonchev–Trinajstić information content (AvgIpc) is 3.23. The van der Waals surface area contributed by atoms with E-state index in [9.17, 15) is 4.79 Å². The number of rotatable bonds is 6. The number of aromatic amines is 1. The van der Waals surface area contributed by atoms with Gasteiger partial charge < -0.3 is 9.72 Å². The molecule has 0 bridgehead atoms. The maximum atomic E-state index is 11.5. The molecule has 3 aromatic rings. The fourth-order valence-corrected chi connectivity index (χ4v) is 6.12. The standard InChI is InChI=1S/C25H33N5O2S/c1-24(2)13-8-14-25(3,4)30(24)29(5)23-28-27-22(33-23)21-18(9-7-10-19(21)32-6)15-17-11-12-20(31)26-16-17/h7,9-12,16H,8,13-15H2,1-6H3,(H,26,31). The van der Waals surface area contributed by atoms with E-state index in [0.717, 1.165) is 45.4 Å². The highest BCUT2D eigenvalue weighted by molar-refractivity contribution is 7.18. The number of anilines is 1. The van der Waals surface area contributed by atoms with Crippen LogP contribution in [0.1, 0.15) is 58.1 Å². The number of hydrazine groups is 1. The minimum Gasteiger partial charge on any atom is -0.496 e. The van der Waals surface area contributed by atoms with Gasteiger partial charge in [-0.15, -0.1) is 10.2 Å². The van der Waals surface area contributed by atoms with E-state index in [-0.39, 0.29) is 16.6 Å². The van der Waals surface area contributed by atoms with Gasteiger partial charge in [0.1, 0.15) is 5.75 Å². The highest BCUT2D eigenvalue weighted by Crippen LogP contribution is 2.43. The molecule has 1 saturated heterocycles. The Morgan fingerprint density at radius 1 is 1.12 bits per heavy atom. The van der Waals surface area contributed by atoms with E-state index in [4.69, 9.17) is 4.74 Å². The number of piperidine rings is 1. The lowest BCUT2D eigenvalue weighted by atomic mass is 9.81. The molecule has 2 aromatic heterocycles. The molecular weight excluding hydrogens is 434 g/mol. The topological polar surface area (TPSA) is 74.3 Å². The van der Waals surface area contributed by atoms with Gasteiger partial charge in [0.25, 0.3) is 0 Å². The van der Waals surface area contributed by atoms with Crippen molar-refractivity contribution in [1.29, 1.82) is 0 Å². The lowest BCUT2D eigenvalue weighted by molar-refractivity contribution is -0.0326.